The first kappa shape index (κ1) is 12.8. The van der Waals surface area contributed by atoms with E-state index < -0.39 is 0 Å². The lowest BCUT2D eigenvalue weighted by Crippen LogP contribution is -2.00. The fourth-order valence-electron chi connectivity index (χ4n) is 2.26. The van der Waals surface area contributed by atoms with Gasteiger partial charge in [0.05, 0.1) is 26.3 Å². The molecule has 0 atom stereocenters. The van der Waals surface area contributed by atoms with Crippen LogP contribution >= 0.6 is 0 Å². The minimum Gasteiger partial charge on any atom is -0.493 e. The first-order chi connectivity index (χ1) is 8.74. The van der Waals surface area contributed by atoms with Crippen molar-refractivity contribution in [2.24, 2.45) is 0 Å². The van der Waals surface area contributed by atoms with Crippen LogP contribution in [-0.2, 0) is 13.0 Å². The number of hydrogen-bond donors (Lipinski definition) is 1. The van der Waals surface area contributed by atoms with Crippen LogP contribution in [-0.4, -0.2) is 30.5 Å². The molecule has 0 bridgehead atoms. The molecule has 1 aromatic carbocycles. The van der Waals surface area contributed by atoms with Gasteiger partial charge in [-0.05, 0) is 18.1 Å². The van der Waals surface area contributed by atoms with Crippen LogP contribution in [0.1, 0.15) is 12.5 Å². The smallest absolute Gasteiger partial charge is 0.162 e. The largest absolute Gasteiger partial charge is 0.493 e. The van der Waals surface area contributed by atoms with Crippen LogP contribution < -0.4 is 9.47 Å². The molecule has 1 heterocycles. The summed E-state index contributed by atoms with van der Waals surface area (Å²) in [5.74, 6) is 1.45. The highest BCUT2D eigenvalue weighted by Gasteiger charge is 2.12. The maximum atomic E-state index is 9.11. The van der Waals surface area contributed by atoms with Crippen molar-refractivity contribution in [2.45, 2.75) is 19.9 Å². The van der Waals surface area contributed by atoms with Gasteiger partial charge in [0.25, 0.3) is 0 Å². The van der Waals surface area contributed by atoms with Gasteiger partial charge < -0.3 is 19.1 Å². The summed E-state index contributed by atoms with van der Waals surface area (Å²) in [5, 5.41) is 10.3. The number of hydrogen-bond acceptors (Lipinski definition) is 3. The van der Waals surface area contributed by atoms with Crippen molar-refractivity contribution in [3.8, 4) is 11.5 Å². The van der Waals surface area contributed by atoms with Gasteiger partial charge in [-0.2, -0.15) is 0 Å². The molecule has 0 amide bonds. The van der Waals surface area contributed by atoms with Gasteiger partial charge in [0, 0.05) is 24.2 Å². The van der Waals surface area contributed by atoms with Crippen LogP contribution in [0.3, 0.4) is 0 Å². The van der Waals surface area contributed by atoms with Gasteiger partial charge in [-0.3, -0.25) is 0 Å². The summed E-state index contributed by atoms with van der Waals surface area (Å²) in [6, 6.07) is 3.96. The Kier molecular flexibility index (Phi) is 3.77. The second-order valence-corrected chi connectivity index (χ2v) is 4.15. The number of methoxy groups -OCH3 is 2. The molecule has 4 nitrogen and oxygen atoms in total. The molecule has 0 saturated carbocycles. The van der Waals surface area contributed by atoms with Gasteiger partial charge in [0.15, 0.2) is 11.5 Å². The Hall–Kier alpha value is -1.68. The Morgan fingerprint density at radius 3 is 2.39 bits per heavy atom. The van der Waals surface area contributed by atoms with Crippen molar-refractivity contribution in [1.29, 1.82) is 0 Å². The maximum absolute atomic E-state index is 9.11. The number of benzene rings is 1. The van der Waals surface area contributed by atoms with E-state index in [0.717, 1.165) is 23.1 Å². The number of aliphatic hydroxyl groups excluding tert-OH is 1. The van der Waals surface area contributed by atoms with E-state index in [2.05, 4.69) is 17.7 Å². The summed E-state index contributed by atoms with van der Waals surface area (Å²) >= 11 is 0. The lowest BCUT2D eigenvalue weighted by Gasteiger charge is -2.09. The van der Waals surface area contributed by atoms with Gasteiger partial charge in [0.2, 0.25) is 0 Å². The summed E-state index contributed by atoms with van der Waals surface area (Å²) in [7, 11) is 3.27. The molecular formula is C14H19NO3. The van der Waals surface area contributed by atoms with E-state index in [1.54, 1.807) is 14.2 Å². The average Bonchev–Trinajstić information content (AvgIpc) is 2.75. The molecule has 1 aromatic heterocycles. The zero-order chi connectivity index (χ0) is 13.1. The van der Waals surface area contributed by atoms with Crippen LogP contribution in [0.25, 0.3) is 10.9 Å². The Balaban J connectivity index is 2.67. The zero-order valence-electron chi connectivity index (χ0n) is 11.1. The number of aliphatic hydroxyl groups is 1. The third kappa shape index (κ3) is 2.04. The molecule has 1 N–H and O–H groups in total. The van der Waals surface area contributed by atoms with E-state index in [1.807, 2.05) is 12.1 Å². The van der Waals surface area contributed by atoms with Gasteiger partial charge in [-0.15, -0.1) is 0 Å². The predicted molar refractivity (Wildman–Crippen MR) is 71.5 cm³/mol. The first-order valence-electron chi connectivity index (χ1n) is 6.09. The van der Waals surface area contributed by atoms with E-state index in [1.165, 1.54) is 5.56 Å². The van der Waals surface area contributed by atoms with Crippen LogP contribution in [0.4, 0.5) is 0 Å². The maximum Gasteiger partial charge on any atom is 0.162 e. The van der Waals surface area contributed by atoms with Gasteiger partial charge >= 0.3 is 0 Å². The molecule has 0 aliphatic carbocycles. The van der Waals surface area contributed by atoms with Gasteiger partial charge in [0.1, 0.15) is 0 Å². The van der Waals surface area contributed by atoms with E-state index in [9.17, 15) is 0 Å². The fraction of sp³-hybridized carbons (Fsp3) is 0.429. The molecule has 0 unspecified atom stereocenters. The highest BCUT2D eigenvalue weighted by atomic mass is 16.5. The second kappa shape index (κ2) is 5.31. The summed E-state index contributed by atoms with van der Waals surface area (Å²) in [6.45, 7) is 2.84. The molecule has 0 aliphatic rings. The molecule has 0 aliphatic heterocycles. The number of rotatable bonds is 5. The van der Waals surface area contributed by atoms with E-state index in [4.69, 9.17) is 14.6 Å². The number of aryl methyl sites for hydroxylation is 1. The van der Waals surface area contributed by atoms with Crippen LogP contribution in [0.2, 0.25) is 0 Å². The number of aromatic nitrogens is 1. The molecule has 18 heavy (non-hydrogen) atoms. The fourth-order valence-corrected chi connectivity index (χ4v) is 2.26. The van der Waals surface area contributed by atoms with Gasteiger partial charge in [-0.1, -0.05) is 6.92 Å². The quantitative estimate of drug-likeness (QED) is 0.883. The van der Waals surface area contributed by atoms with Crippen molar-refractivity contribution in [1.82, 2.24) is 4.57 Å². The van der Waals surface area contributed by atoms with Crippen molar-refractivity contribution in [3.05, 3.63) is 23.9 Å². The van der Waals surface area contributed by atoms with Crippen molar-refractivity contribution < 1.29 is 14.6 Å². The standard InChI is InChI=1S/C14H19NO3/c1-4-10-9-15(5-6-16)12-8-14(18-3)13(17-2)7-11(10)12/h7-9,16H,4-6H2,1-3H3. The van der Waals surface area contributed by atoms with Crippen LogP contribution in [0.15, 0.2) is 18.3 Å². The topological polar surface area (TPSA) is 43.6 Å². The summed E-state index contributed by atoms with van der Waals surface area (Å²) < 4.78 is 12.7. The summed E-state index contributed by atoms with van der Waals surface area (Å²) in [6.07, 6.45) is 3.03. The van der Waals surface area contributed by atoms with Crippen molar-refractivity contribution >= 4 is 10.9 Å². The Morgan fingerprint density at radius 1 is 1.17 bits per heavy atom. The number of nitrogens with zero attached hydrogens (tertiary/aromatic N) is 1. The summed E-state index contributed by atoms with van der Waals surface area (Å²) in [4.78, 5) is 0. The molecule has 2 rings (SSSR count). The lowest BCUT2D eigenvalue weighted by molar-refractivity contribution is 0.278. The Labute approximate surface area is 107 Å². The van der Waals surface area contributed by atoms with Gasteiger partial charge in [-0.25, -0.2) is 0 Å². The second-order valence-electron chi connectivity index (χ2n) is 4.15. The Morgan fingerprint density at radius 2 is 1.83 bits per heavy atom. The van der Waals surface area contributed by atoms with Crippen LogP contribution in [0, 0.1) is 0 Å². The minimum atomic E-state index is 0.126. The highest BCUT2D eigenvalue weighted by Crippen LogP contribution is 2.34. The van der Waals surface area contributed by atoms with E-state index in [0.29, 0.717) is 12.3 Å². The predicted octanol–water partition coefficient (Wildman–Crippen LogP) is 2.21. The SMILES string of the molecule is CCc1cn(CCO)c2cc(OC)c(OC)cc12. The molecule has 0 fully saturated rings. The molecule has 2 aromatic rings. The monoisotopic (exact) mass is 249 g/mol. The zero-order valence-corrected chi connectivity index (χ0v) is 11.1. The van der Waals surface area contributed by atoms with Crippen LogP contribution in [0.5, 0.6) is 11.5 Å². The molecule has 0 radical (unpaired) electrons. The van der Waals surface area contributed by atoms with E-state index >= 15 is 0 Å². The van der Waals surface area contributed by atoms with Crippen molar-refractivity contribution in [3.63, 3.8) is 0 Å². The first-order valence-corrected chi connectivity index (χ1v) is 6.09. The molecule has 4 heteroatoms. The highest BCUT2D eigenvalue weighted by molar-refractivity contribution is 5.87. The third-order valence-electron chi connectivity index (χ3n) is 3.19. The minimum absolute atomic E-state index is 0.126. The molecule has 0 spiro atoms. The third-order valence-corrected chi connectivity index (χ3v) is 3.19. The molecular weight excluding hydrogens is 230 g/mol. The average molecular weight is 249 g/mol. The number of ether oxygens (including phenoxy) is 2. The molecule has 98 valence electrons. The number of fused-ring (bicyclic) bond motifs is 1. The van der Waals surface area contributed by atoms with Crippen molar-refractivity contribution in [2.75, 3.05) is 20.8 Å². The Bertz CT molecular complexity index is 545. The lowest BCUT2D eigenvalue weighted by atomic mass is 10.1. The van der Waals surface area contributed by atoms with E-state index in [-0.39, 0.29) is 6.61 Å². The normalized spacial score (nSPS) is 10.9. The summed E-state index contributed by atoms with van der Waals surface area (Å²) in [5.41, 5.74) is 2.32. The molecule has 0 saturated heterocycles.